The molecule has 164 valence electrons. The van der Waals surface area contributed by atoms with Crippen LogP contribution in [0.2, 0.25) is 0 Å². The molecule has 32 heavy (non-hydrogen) atoms. The minimum Gasteiger partial charge on any atom is -0.493 e. The van der Waals surface area contributed by atoms with Crippen molar-refractivity contribution >= 4 is 17.5 Å². The maximum Gasteiger partial charge on any atom is 0.255 e. The van der Waals surface area contributed by atoms with Gasteiger partial charge in [0.1, 0.15) is 6.04 Å². The molecule has 1 heterocycles. The van der Waals surface area contributed by atoms with Crippen molar-refractivity contribution in [3.8, 4) is 17.2 Å². The molecule has 1 N–H and O–H groups in total. The summed E-state index contributed by atoms with van der Waals surface area (Å²) in [6.45, 7) is 0.358. The zero-order valence-electron chi connectivity index (χ0n) is 18.1. The van der Waals surface area contributed by atoms with Gasteiger partial charge in [-0.3, -0.25) is 9.59 Å². The van der Waals surface area contributed by atoms with Gasteiger partial charge in [-0.05, 0) is 17.2 Å². The Morgan fingerprint density at radius 3 is 2.12 bits per heavy atom. The van der Waals surface area contributed by atoms with Gasteiger partial charge >= 0.3 is 0 Å². The summed E-state index contributed by atoms with van der Waals surface area (Å²) in [5, 5.41) is 2.92. The molecule has 1 aliphatic rings. The lowest BCUT2D eigenvalue weighted by molar-refractivity contribution is -0.120. The fraction of sp³-hybridized carbons (Fsp3) is 0.200. The highest BCUT2D eigenvalue weighted by Gasteiger charge is 2.37. The molecule has 0 spiro atoms. The van der Waals surface area contributed by atoms with Crippen molar-refractivity contribution < 1.29 is 23.8 Å². The molecule has 2 amide bonds. The normalized spacial score (nSPS) is 13.3. The van der Waals surface area contributed by atoms with E-state index in [-0.39, 0.29) is 11.8 Å². The van der Waals surface area contributed by atoms with E-state index in [9.17, 15) is 9.59 Å². The van der Waals surface area contributed by atoms with Crippen molar-refractivity contribution in [2.45, 2.75) is 12.6 Å². The first-order valence-electron chi connectivity index (χ1n) is 10.1. The number of carbonyl (C=O) groups excluding carboxylic acids is 2. The minimum absolute atomic E-state index is 0.172. The minimum atomic E-state index is -0.810. The number of hydrogen-bond acceptors (Lipinski definition) is 5. The smallest absolute Gasteiger partial charge is 0.255 e. The van der Waals surface area contributed by atoms with E-state index >= 15 is 0 Å². The molecule has 7 heteroatoms. The van der Waals surface area contributed by atoms with Crippen LogP contribution in [0.5, 0.6) is 17.2 Å². The number of nitrogens with zero attached hydrogens (tertiary/aromatic N) is 1. The average Bonchev–Trinajstić information content (AvgIpc) is 3.15. The third-order valence-corrected chi connectivity index (χ3v) is 5.46. The number of carbonyl (C=O) groups is 2. The number of fused-ring (bicyclic) bond motifs is 1. The van der Waals surface area contributed by atoms with Crippen LogP contribution in [-0.2, 0) is 11.3 Å². The highest BCUT2D eigenvalue weighted by molar-refractivity contribution is 6.04. The highest BCUT2D eigenvalue weighted by atomic mass is 16.5. The van der Waals surface area contributed by atoms with E-state index in [2.05, 4.69) is 5.32 Å². The van der Waals surface area contributed by atoms with Gasteiger partial charge in [0.2, 0.25) is 5.75 Å². The number of benzene rings is 3. The molecule has 1 unspecified atom stereocenters. The molecule has 0 bridgehead atoms. The Morgan fingerprint density at radius 2 is 1.53 bits per heavy atom. The molecule has 1 aliphatic heterocycles. The Morgan fingerprint density at radius 1 is 0.906 bits per heavy atom. The number of amides is 2. The molecule has 0 aromatic heterocycles. The van der Waals surface area contributed by atoms with E-state index < -0.39 is 6.04 Å². The largest absolute Gasteiger partial charge is 0.493 e. The second-order valence-corrected chi connectivity index (χ2v) is 7.31. The van der Waals surface area contributed by atoms with Gasteiger partial charge < -0.3 is 24.4 Å². The lowest BCUT2D eigenvalue weighted by Gasteiger charge is -2.27. The lowest BCUT2D eigenvalue weighted by atomic mass is 10.0. The first-order chi connectivity index (χ1) is 15.6. The molecule has 3 aromatic rings. The van der Waals surface area contributed by atoms with E-state index in [0.717, 1.165) is 11.1 Å². The molecule has 1 atom stereocenters. The topological polar surface area (TPSA) is 77.1 Å². The van der Waals surface area contributed by atoms with E-state index in [0.29, 0.717) is 35.0 Å². The van der Waals surface area contributed by atoms with Crippen molar-refractivity contribution in [1.29, 1.82) is 0 Å². The molecular formula is C25H24N2O5. The molecule has 0 saturated heterocycles. The molecule has 7 nitrogen and oxygen atoms in total. The van der Waals surface area contributed by atoms with Gasteiger partial charge in [-0.2, -0.15) is 0 Å². The molecule has 3 aromatic carbocycles. The molecule has 0 saturated carbocycles. The summed E-state index contributed by atoms with van der Waals surface area (Å²) in [4.78, 5) is 28.3. The first kappa shape index (κ1) is 21.2. The number of nitrogens with one attached hydrogen (secondary N) is 1. The summed E-state index contributed by atoms with van der Waals surface area (Å²) in [5.74, 6) is 0.755. The van der Waals surface area contributed by atoms with Gasteiger partial charge in [-0.1, -0.05) is 48.5 Å². The van der Waals surface area contributed by atoms with Crippen molar-refractivity contribution in [2.24, 2.45) is 0 Å². The van der Waals surface area contributed by atoms with Crippen LogP contribution >= 0.6 is 0 Å². The van der Waals surface area contributed by atoms with E-state index in [1.54, 1.807) is 23.1 Å². The van der Waals surface area contributed by atoms with Crippen molar-refractivity contribution in [3.63, 3.8) is 0 Å². The van der Waals surface area contributed by atoms with E-state index in [1.807, 2.05) is 48.5 Å². The van der Waals surface area contributed by atoms with Crippen LogP contribution in [0, 0.1) is 0 Å². The standard InChI is InChI=1S/C25H24N2O5/c1-30-20-13-18(14-21(31-2)23(20)32-3)26-24(28)22(16-9-5-4-6-10-16)27-15-17-11-7-8-12-19(17)25(27)29/h4-14,22H,15H2,1-3H3,(H,26,28). The Kier molecular flexibility index (Phi) is 5.98. The monoisotopic (exact) mass is 432 g/mol. The van der Waals surface area contributed by atoms with Crippen LogP contribution < -0.4 is 19.5 Å². The Labute approximate surface area is 186 Å². The van der Waals surface area contributed by atoms with Crippen LogP contribution in [0.1, 0.15) is 27.5 Å². The number of ether oxygens (including phenoxy) is 3. The Hall–Kier alpha value is -4.00. The van der Waals surface area contributed by atoms with Crippen molar-refractivity contribution in [1.82, 2.24) is 4.90 Å². The molecule has 0 fully saturated rings. The number of anilines is 1. The summed E-state index contributed by atoms with van der Waals surface area (Å²) >= 11 is 0. The molecule has 0 aliphatic carbocycles. The summed E-state index contributed by atoms with van der Waals surface area (Å²) in [5.41, 5.74) is 2.71. The fourth-order valence-electron chi connectivity index (χ4n) is 3.96. The van der Waals surface area contributed by atoms with Crippen molar-refractivity contribution in [2.75, 3.05) is 26.6 Å². The highest BCUT2D eigenvalue weighted by Crippen LogP contribution is 2.40. The van der Waals surface area contributed by atoms with Gasteiger partial charge in [-0.25, -0.2) is 0 Å². The number of rotatable bonds is 7. The number of methoxy groups -OCH3 is 3. The third-order valence-electron chi connectivity index (χ3n) is 5.46. The van der Waals surface area contributed by atoms with Gasteiger partial charge in [0, 0.05) is 29.9 Å². The summed E-state index contributed by atoms with van der Waals surface area (Å²) < 4.78 is 16.1. The SMILES string of the molecule is COc1cc(NC(=O)C(c2ccccc2)N2Cc3ccccc3C2=O)cc(OC)c1OC. The number of hydrogen-bond donors (Lipinski definition) is 1. The quantitative estimate of drug-likeness (QED) is 0.610. The van der Waals surface area contributed by atoms with Gasteiger partial charge in [-0.15, -0.1) is 0 Å². The van der Waals surface area contributed by atoms with Crippen LogP contribution in [0.25, 0.3) is 0 Å². The zero-order chi connectivity index (χ0) is 22.7. The van der Waals surface area contributed by atoms with Gasteiger partial charge in [0.15, 0.2) is 11.5 Å². The van der Waals surface area contributed by atoms with Crippen molar-refractivity contribution in [3.05, 3.63) is 83.4 Å². The first-order valence-corrected chi connectivity index (χ1v) is 10.1. The van der Waals surface area contributed by atoms with E-state index in [1.165, 1.54) is 21.3 Å². The summed E-state index contributed by atoms with van der Waals surface area (Å²) in [6.07, 6.45) is 0. The Balaban J connectivity index is 1.69. The maximum absolute atomic E-state index is 13.5. The molecule has 0 radical (unpaired) electrons. The van der Waals surface area contributed by atoms with Crippen LogP contribution in [0.4, 0.5) is 5.69 Å². The van der Waals surface area contributed by atoms with Crippen LogP contribution in [0.15, 0.2) is 66.7 Å². The predicted octanol–water partition coefficient (Wildman–Crippen LogP) is 4.05. The van der Waals surface area contributed by atoms with Gasteiger partial charge in [0.05, 0.1) is 21.3 Å². The summed E-state index contributed by atoms with van der Waals surface area (Å²) in [6, 6.07) is 19.2. The van der Waals surface area contributed by atoms with Crippen LogP contribution in [-0.4, -0.2) is 38.0 Å². The third kappa shape index (κ3) is 3.85. The van der Waals surface area contributed by atoms with E-state index in [4.69, 9.17) is 14.2 Å². The van der Waals surface area contributed by atoms with Gasteiger partial charge in [0.25, 0.3) is 11.8 Å². The Bertz CT molecular complexity index is 1120. The average molecular weight is 432 g/mol. The predicted molar refractivity (Wildman–Crippen MR) is 120 cm³/mol. The second-order valence-electron chi connectivity index (χ2n) is 7.31. The second kappa shape index (κ2) is 9.01. The fourth-order valence-corrected chi connectivity index (χ4v) is 3.96. The lowest BCUT2D eigenvalue weighted by Crippen LogP contribution is -2.37. The van der Waals surface area contributed by atoms with Crippen LogP contribution in [0.3, 0.4) is 0 Å². The summed E-state index contributed by atoms with van der Waals surface area (Å²) in [7, 11) is 4.53. The zero-order valence-corrected chi connectivity index (χ0v) is 18.1. The molecular weight excluding hydrogens is 408 g/mol. The maximum atomic E-state index is 13.5. The molecule has 4 rings (SSSR count).